The highest BCUT2D eigenvalue weighted by Crippen LogP contribution is 2.25. The molecule has 0 aromatic carbocycles. The first kappa shape index (κ1) is 15.3. The van der Waals surface area contributed by atoms with Gasteiger partial charge in [0.05, 0.1) is 12.2 Å². The third-order valence-corrected chi connectivity index (χ3v) is 4.28. The summed E-state index contributed by atoms with van der Waals surface area (Å²) < 4.78 is 2.29. The molecule has 0 aliphatic rings. The maximum atomic E-state index is 4.78. The minimum atomic E-state index is 0.130. The molecule has 2 rings (SSSR count). The fourth-order valence-electron chi connectivity index (χ4n) is 2.25. The van der Waals surface area contributed by atoms with E-state index < -0.39 is 0 Å². The van der Waals surface area contributed by atoms with Gasteiger partial charge in [0.15, 0.2) is 0 Å². The first-order valence-corrected chi connectivity index (χ1v) is 8.13. The van der Waals surface area contributed by atoms with Gasteiger partial charge in [-0.3, -0.25) is 0 Å². The van der Waals surface area contributed by atoms with Crippen molar-refractivity contribution in [1.82, 2.24) is 14.9 Å². The maximum Gasteiger partial charge on any atom is 0.113 e. The van der Waals surface area contributed by atoms with Gasteiger partial charge in [-0.05, 0) is 25.6 Å². The monoisotopic (exact) mass is 291 g/mol. The Bertz CT molecular complexity index is 548. The van der Waals surface area contributed by atoms with Crippen LogP contribution in [0.4, 0.5) is 0 Å². The van der Waals surface area contributed by atoms with E-state index in [2.05, 4.69) is 68.2 Å². The summed E-state index contributed by atoms with van der Waals surface area (Å²) in [5.41, 5.74) is 2.64. The van der Waals surface area contributed by atoms with Crippen LogP contribution in [0.5, 0.6) is 0 Å². The molecule has 4 heteroatoms. The van der Waals surface area contributed by atoms with Gasteiger partial charge < -0.3 is 9.88 Å². The second-order valence-electron chi connectivity index (χ2n) is 6.22. The highest BCUT2D eigenvalue weighted by Gasteiger charge is 2.18. The van der Waals surface area contributed by atoms with Gasteiger partial charge in [-0.15, -0.1) is 11.3 Å². The molecule has 1 unspecified atom stereocenters. The zero-order chi connectivity index (χ0) is 14.8. The van der Waals surface area contributed by atoms with E-state index in [-0.39, 0.29) is 5.41 Å². The zero-order valence-electron chi connectivity index (χ0n) is 13.1. The van der Waals surface area contributed by atoms with E-state index in [9.17, 15) is 0 Å². The Balaban J connectivity index is 2.15. The van der Waals surface area contributed by atoms with Crippen LogP contribution in [0.25, 0.3) is 0 Å². The van der Waals surface area contributed by atoms with Crippen LogP contribution < -0.4 is 5.32 Å². The van der Waals surface area contributed by atoms with Crippen LogP contribution in [0.3, 0.4) is 0 Å². The first-order chi connectivity index (χ1) is 9.41. The molecule has 0 fully saturated rings. The van der Waals surface area contributed by atoms with E-state index in [0.29, 0.717) is 6.04 Å². The molecule has 0 radical (unpaired) electrons. The standard InChI is InChI=1S/C16H25N3S/c1-6-17-12(2)13-8-7-9-19(13)10-15-18-14(11-20-15)16(3,4)5/h7-9,11-12,17H,6,10H2,1-5H3. The predicted molar refractivity (Wildman–Crippen MR) is 86.4 cm³/mol. The number of aromatic nitrogens is 2. The van der Waals surface area contributed by atoms with Crippen molar-refractivity contribution < 1.29 is 0 Å². The fourth-order valence-corrected chi connectivity index (χ4v) is 3.27. The number of thiazole rings is 1. The summed E-state index contributed by atoms with van der Waals surface area (Å²) in [5.74, 6) is 0. The van der Waals surface area contributed by atoms with Crippen LogP contribution in [-0.4, -0.2) is 16.1 Å². The van der Waals surface area contributed by atoms with Crippen LogP contribution in [0.2, 0.25) is 0 Å². The molecule has 3 nitrogen and oxygen atoms in total. The lowest BCUT2D eigenvalue weighted by molar-refractivity contribution is 0.549. The Kier molecular flexibility index (Phi) is 4.66. The fraction of sp³-hybridized carbons (Fsp3) is 0.562. The highest BCUT2D eigenvalue weighted by molar-refractivity contribution is 7.09. The highest BCUT2D eigenvalue weighted by atomic mass is 32.1. The van der Waals surface area contributed by atoms with Gasteiger partial charge in [-0.2, -0.15) is 0 Å². The largest absolute Gasteiger partial charge is 0.343 e. The molecule has 0 saturated carbocycles. The van der Waals surface area contributed by atoms with Gasteiger partial charge in [0.1, 0.15) is 5.01 Å². The number of hydrogen-bond acceptors (Lipinski definition) is 3. The first-order valence-electron chi connectivity index (χ1n) is 7.25. The second-order valence-corrected chi connectivity index (χ2v) is 7.16. The van der Waals surface area contributed by atoms with E-state index in [0.717, 1.165) is 13.1 Å². The Morgan fingerprint density at radius 3 is 2.75 bits per heavy atom. The van der Waals surface area contributed by atoms with Crippen LogP contribution in [0.1, 0.15) is 57.1 Å². The topological polar surface area (TPSA) is 29.9 Å². The molecule has 0 spiro atoms. The van der Waals surface area contributed by atoms with Gasteiger partial charge in [0.2, 0.25) is 0 Å². The summed E-state index contributed by atoms with van der Waals surface area (Å²) in [6, 6.07) is 4.67. The normalized spacial score (nSPS) is 13.7. The smallest absolute Gasteiger partial charge is 0.113 e. The third kappa shape index (κ3) is 3.49. The third-order valence-electron chi connectivity index (χ3n) is 3.44. The molecule has 1 N–H and O–H groups in total. The van der Waals surface area contributed by atoms with Gasteiger partial charge in [-0.1, -0.05) is 27.7 Å². The van der Waals surface area contributed by atoms with Crippen LogP contribution >= 0.6 is 11.3 Å². The van der Waals surface area contributed by atoms with Gasteiger partial charge in [0.25, 0.3) is 0 Å². The lowest BCUT2D eigenvalue weighted by atomic mass is 9.93. The quantitative estimate of drug-likeness (QED) is 0.903. The summed E-state index contributed by atoms with van der Waals surface area (Å²) in [7, 11) is 0. The van der Waals surface area contributed by atoms with Crippen molar-refractivity contribution in [3.63, 3.8) is 0 Å². The summed E-state index contributed by atoms with van der Waals surface area (Å²) in [6.07, 6.45) is 2.14. The molecule has 2 heterocycles. The molecule has 2 aromatic rings. The van der Waals surface area contributed by atoms with E-state index in [1.54, 1.807) is 11.3 Å². The van der Waals surface area contributed by atoms with Crippen molar-refractivity contribution in [1.29, 1.82) is 0 Å². The Hall–Kier alpha value is -1.13. The second kappa shape index (κ2) is 6.10. The van der Waals surface area contributed by atoms with Crippen molar-refractivity contribution in [3.8, 4) is 0 Å². The molecule has 110 valence electrons. The summed E-state index contributed by atoms with van der Waals surface area (Å²) in [4.78, 5) is 4.78. The lowest BCUT2D eigenvalue weighted by Crippen LogP contribution is -2.20. The minimum absolute atomic E-state index is 0.130. The molecule has 0 amide bonds. The van der Waals surface area contributed by atoms with Gasteiger partial charge in [-0.25, -0.2) is 4.98 Å². The SMILES string of the molecule is CCNC(C)c1cccn1Cc1nc(C(C)(C)C)cs1. The van der Waals surface area contributed by atoms with Crippen molar-refractivity contribution >= 4 is 11.3 Å². The Morgan fingerprint density at radius 2 is 2.15 bits per heavy atom. The Morgan fingerprint density at radius 1 is 1.40 bits per heavy atom. The zero-order valence-corrected chi connectivity index (χ0v) is 13.9. The van der Waals surface area contributed by atoms with E-state index in [4.69, 9.17) is 4.98 Å². The van der Waals surface area contributed by atoms with Crippen molar-refractivity contribution in [2.75, 3.05) is 6.54 Å². The summed E-state index contributed by atoms with van der Waals surface area (Å²) in [5, 5.41) is 6.83. The average molecular weight is 291 g/mol. The average Bonchev–Trinajstić information content (AvgIpc) is 2.98. The summed E-state index contributed by atoms with van der Waals surface area (Å²) in [6.45, 7) is 12.8. The molecule has 2 aromatic heterocycles. The number of nitrogens with zero attached hydrogens (tertiary/aromatic N) is 2. The van der Waals surface area contributed by atoms with Gasteiger partial charge >= 0.3 is 0 Å². The molecule has 0 bridgehead atoms. The lowest BCUT2D eigenvalue weighted by Gasteiger charge is -2.16. The minimum Gasteiger partial charge on any atom is -0.343 e. The van der Waals surface area contributed by atoms with E-state index in [1.807, 2.05) is 0 Å². The van der Waals surface area contributed by atoms with E-state index >= 15 is 0 Å². The molecule has 0 saturated heterocycles. The molecular formula is C16H25N3S. The van der Waals surface area contributed by atoms with E-state index in [1.165, 1.54) is 16.4 Å². The molecule has 1 atom stereocenters. The number of nitrogens with one attached hydrogen (secondary N) is 1. The van der Waals surface area contributed by atoms with Crippen molar-refractivity contribution in [2.24, 2.45) is 0 Å². The number of rotatable bonds is 5. The summed E-state index contributed by atoms with van der Waals surface area (Å²) >= 11 is 1.76. The van der Waals surface area contributed by atoms with Crippen molar-refractivity contribution in [2.45, 2.75) is 52.6 Å². The molecular weight excluding hydrogens is 266 g/mol. The van der Waals surface area contributed by atoms with Crippen LogP contribution in [0.15, 0.2) is 23.7 Å². The maximum absolute atomic E-state index is 4.78. The van der Waals surface area contributed by atoms with Gasteiger partial charge in [0, 0.05) is 28.7 Å². The van der Waals surface area contributed by atoms with Crippen LogP contribution in [0, 0.1) is 0 Å². The van der Waals surface area contributed by atoms with Crippen LogP contribution in [-0.2, 0) is 12.0 Å². The number of hydrogen-bond donors (Lipinski definition) is 1. The molecule has 20 heavy (non-hydrogen) atoms. The Labute approximate surface area is 126 Å². The molecule has 0 aliphatic carbocycles. The van der Waals surface area contributed by atoms with Crippen molar-refractivity contribution in [3.05, 3.63) is 40.1 Å². The predicted octanol–water partition coefficient (Wildman–Crippen LogP) is 3.96. The molecule has 0 aliphatic heterocycles.